The quantitative estimate of drug-likeness (QED) is 0.255. The molecular weight excluding hydrogens is 494 g/mol. The molecule has 0 bridgehead atoms. The average Bonchev–Trinajstić information content (AvgIpc) is 3.33. The number of amides is 2. The normalized spacial score (nSPS) is 11.7. The first-order valence-electron chi connectivity index (χ1n) is 9.80. The van der Waals surface area contributed by atoms with E-state index in [9.17, 15) is 14.7 Å². The van der Waals surface area contributed by atoms with E-state index in [4.69, 9.17) is 9.47 Å². The summed E-state index contributed by atoms with van der Waals surface area (Å²) in [5, 5.41) is 16.4. The summed E-state index contributed by atoms with van der Waals surface area (Å²) >= 11 is 3.22. The van der Waals surface area contributed by atoms with Gasteiger partial charge in [-0.15, -0.1) is 0 Å². The molecule has 172 valence electrons. The molecule has 0 radical (unpaired) electrons. The van der Waals surface area contributed by atoms with Crippen LogP contribution in [-0.2, 0) is 22.6 Å². The second-order valence-electron chi connectivity index (χ2n) is 6.83. The molecule has 0 aliphatic carbocycles. The number of ether oxygens (including phenoxy) is 2. The third-order valence-electron chi connectivity index (χ3n) is 4.46. The minimum absolute atomic E-state index is 0.0449. The molecule has 0 saturated carbocycles. The summed E-state index contributed by atoms with van der Waals surface area (Å²) in [6, 6.07) is 11.4. The molecule has 1 aromatic heterocycles. The predicted octanol–water partition coefficient (Wildman–Crippen LogP) is 2.87. The Morgan fingerprint density at radius 1 is 1.30 bits per heavy atom. The number of nitrogens with zero attached hydrogens (tertiary/aromatic N) is 2. The van der Waals surface area contributed by atoms with Crippen LogP contribution in [0.15, 0.2) is 64.6 Å². The largest absolute Gasteiger partial charge is 0.503 e. The Balaban J connectivity index is 1.63. The number of H-pyrrole nitrogens is 1. The number of rotatable bonds is 9. The number of hydrogen-bond donors (Lipinski definition) is 4. The number of benzene rings is 2. The molecule has 11 heteroatoms. The van der Waals surface area contributed by atoms with Crippen LogP contribution in [0, 0.1) is 0 Å². The molecule has 0 saturated heterocycles. The van der Waals surface area contributed by atoms with Gasteiger partial charge in [0, 0.05) is 18.3 Å². The first-order valence-corrected chi connectivity index (χ1v) is 10.6. The van der Waals surface area contributed by atoms with Crippen LogP contribution in [0.4, 0.5) is 4.79 Å². The van der Waals surface area contributed by atoms with Crippen LogP contribution in [0.3, 0.4) is 0 Å². The molecule has 1 heterocycles. The van der Waals surface area contributed by atoms with Crippen LogP contribution in [0.1, 0.15) is 16.8 Å². The molecule has 0 aliphatic rings. The van der Waals surface area contributed by atoms with Crippen molar-refractivity contribution in [3.05, 3.63) is 76.3 Å². The number of phenols is 1. The van der Waals surface area contributed by atoms with Crippen LogP contribution in [0.2, 0.25) is 0 Å². The third kappa shape index (κ3) is 7.07. The van der Waals surface area contributed by atoms with Gasteiger partial charge in [-0.05, 0) is 39.2 Å². The van der Waals surface area contributed by atoms with Gasteiger partial charge in [-0.25, -0.2) is 15.2 Å². The molecule has 2 amide bonds. The Morgan fingerprint density at radius 2 is 2.09 bits per heavy atom. The number of carbonyl (C=O) groups is 2. The summed E-state index contributed by atoms with van der Waals surface area (Å²) < 4.78 is 10.7. The fourth-order valence-electron chi connectivity index (χ4n) is 2.80. The maximum absolute atomic E-state index is 12.7. The molecule has 3 rings (SSSR count). The zero-order valence-electron chi connectivity index (χ0n) is 17.6. The molecular formula is C22H22BrN5O5. The highest BCUT2D eigenvalue weighted by atomic mass is 79.9. The number of halogens is 1. The Labute approximate surface area is 198 Å². The van der Waals surface area contributed by atoms with Crippen molar-refractivity contribution in [1.82, 2.24) is 20.7 Å². The van der Waals surface area contributed by atoms with Crippen molar-refractivity contribution >= 4 is 34.1 Å². The highest BCUT2D eigenvalue weighted by molar-refractivity contribution is 9.10. The molecule has 1 atom stereocenters. The van der Waals surface area contributed by atoms with Crippen LogP contribution >= 0.6 is 15.9 Å². The van der Waals surface area contributed by atoms with Gasteiger partial charge in [-0.2, -0.15) is 5.10 Å². The van der Waals surface area contributed by atoms with Gasteiger partial charge in [0.1, 0.15) is 12.6 Å². The molecule has 0 unspecified atom stereocenters. The van der Waals surface area contributed by atoms with E-state index in [0.717, 1.165) is 5.56 Å². The second kappa shape index (κ2) is 11.7. The molecule has 10 nitrogen and oxygen atoms in total. The maximum atomic E-state index is 12.7. The number of aromatic hydroxyl groups is 1. The zero-order chi connectivity index (χ0) is 23.6. The lowest BCUT2D eigenvalue weighted by molar-refractivity contribution is -0.123. The van der Waals surface area contributed by atoms with E-state index < -0.39 is 18.0 Å². The lowest BCUT2D eigenvalue weighted by atomic mass is 10.1. The van der Waals surface area contributed by atoms with Gasteiger partial charge in [0.15, 0.2) is 11.5 Å². The average molecular weight is 516 g/mol. The molecule has 3 aromatic rings. The van der Waals surface area contributed by atoms with Gasteiger partial charge in [-0.3, -0.25) is 4.79 Å². The van der Waals surface area contributed by atoms with E-state index in [1.165, 1.54) is 19.7 Å². The summed E-state index contributed by atoms with van der Waals surface area (Å²) in [6.45, 7) is 0.0702. The lowest BCUT2D eigenvalue weighted by Gasteiger charge is -2.16. The minimum atomic E-state index is -0.966. The van der Waals surface area contributed by atoms with Crippen LogP contribution in [-0.4, -0.2) is 46.4 Å². The lowest BCUT2D eigenvalue weighted by Crippen LogP contribution is -2.47. The van der Waals surface area contributed by atoms with Gasteiger partial charge in [0.05, 0.1) is 24.1 Å². The fraction of sp³-hybridized carbons (Fsp3) is 0.182. The summed E-state index contributed by atoms with van der Waals surface area (Å²) in [4.78, 5) is 31.8. The molecule has 33 heavy (non-hydrogen) atoms. The minimum Gasteiger partial charge on any atom is -0.503 e. The third-order valence-corrected chi connectivity index (χ3v) is 5.06. The number of methoxy groups -OCH3 is 1. The van der Waals surface area contributed by atoms with E-state index in [2.05, 4.69) is 41.7 Å². The summed E-state index contributed by atoms with van der Waals surface area (Å²) in [5.74, 6) is -0.351. The fourth-order valence-corrected chi connectivity index (χ4v) is 3.26. The van der Waals surface area contributed by atoms with Gasteiger partial charge < -0.3 is 24.9 Å². The van der Waals surface area contributed by atoms with Gasteiger partial charge in [0.2, 0.25) is 0 Å². The standard InChI is InChI=1S/C22H22BrN5O5/c1-32-19-8-15(7-17(23)20(19)29)10-26-28-21(30)18(9-16-11-24-13-25-16)27-22(31)33-12-14-5-3-2-4-6-14/h2-8,10-11,13,18,29H,9,12H2,1H3,(H,24,25)(H,27,31)(H,28,30)/b26-10-/t18-/m1/s1. The number of aromatic nitrogens is 2. The van der Waals surface area contributed by atoms with Crippen molar-refractivity contribution in [2.24, 2.45) is 5.10 Å². The first kappa shape index (κ1) is 23.8. The summed E-state index contributed by atoms with van der Waals surface area (Å²) in [6.07, 6.45) is 3.83. The van der Waals surface area contributed by atoms with Gasteiger partial charge in [-0.1, -0.05) is 30.3 Å². The SMILES string of the molecule is COc1cc(/C=N\NC(=O)[C@@H](Cc2cnc[nH]2)NC(=O)OCc2ccccc2)cc(Br)c1O. The molecule has 0 spiro atoms. The number of nitrogens with one attached hydrogen (secondary N) is 3. The van der Waals surface area contributed by atoms with Gasteiger partial charge >= 0.3 is 6.09 Å². The van der Waals surface area contributed by atoms with E-state index in [1.54, 1.807) is 18.3 Å². The van der Waals surface area contributed by atoms with Crippen molar-refractivity contribution in [1.29, 1.82) is 0 Å². The zero-order valence-corrected chi connectivity index (χ0v) is 19.2. The van der Waals surface area contributed by atoms with Crippen molar-refractivity contribution in [3.63, 3.8) is 0 Å². The Bertz CT molecular complexity index is 1110. The number of aromatic amines is 1. The van der Waals surface area contributed by atoms with E-state index >= 15 is 0 Å². The van der Waals surface area contributed by atoms with Crippen molar-refractivity contribution < 1.29 is 24.2 Å². The highest BCUT2D eigenvalue weighted by Crippen LogP contribution is 2.34. The second-order valence-corrected chi connectivity index (χ2v) is 7.68. The van der Waals surface area contributed by atoms with Crippen molar-refractivity contribution in [2.75, 3.05) is 7.11 Å². The predicted molar refractivity (Wildman–Crippen MR) is 124 cm³/mol. The molecule has 0 aliphatic heterocycles. The Hall–Kier alpha value is -3.86. The smallest absolute Gasteiger partial charge is 0.408 e. The molecule has 4 N–H and O–H groups in total. The maximum Gasteiger partial charge on any atom is 0.408 e. The van der Waals surface area contributed by atoms with E-state index in [0.29, 0.717) is 15.7 Å². The number of imidazole rings is 1. The number of phenolic OH excluding ortho intramolecular Hbond substituents is 1. The van der Waals surface area contributed by atoms with Crippen LogP contribution in [0.5, 0.6) is 11.5 Å². The van der Waals surface area contributed by atoms with Crippen molar-refractivity contribution in [3.8, 4) is 11.5 Å². The number of carbonyl (C=O) groups excluding carboxylic acids is 2. The monoisotopic (exact) mass is 515 g/mol. The van der Waals surface area contributed by atoms with Crippen LogP contribution < -0.4 is 15.5 Å². The number of hydrazone groups is 1. The molecule has 2 aromatic carbocycles. The highest BCUT2D eigenvalue weighted by Gasteiger charge is 2.22. The number of alkyl carbamates (subject to hydrolysis) is 1. The van der Waals surface area contributed by atoms with E-state index in [-0.39, 0.29) is 24.5 Å². The summed E-state index contributed by atoms with van der Waals surface area (Å²) in [5.41, 5.74) is 4.44. The van der Waals surface area contributed by atoms with Gasteiger partial charge in [0.25, 0.3) is 5.91 Å². The topological polar surface area (TPSA) is 138 Å². The first-order chi connectivity index (χ1) is 16.0. The molecule has 0 fully saturated rings. The van der Waals surface area contributed by atoms with Crippen molar-refractivity contribution in [2.45, 2.75) is 19.1 Å². The summed E-state index contributed by atoms with van der Waals surface area (Å²) in [7, 11) is 1.42. The van der Waals surface area contributed by atoms with E-state index in [1.807, 2.05) is 30.3 Å². The number of hydrogen-bond acceptors (Lipinski definition) is 7. The Morgan fingerprint density at radius 3 is 2.79 bits per heavy atom. The van der Waals surface area contributed by atoms with Crippen LogP contribution in [0.25, 0.3) is 0 Å². The Kier molecular flexibility index (Phi) is 8.42.